The molecule has 0 heterocycles. The highest BCUT2D eigenvalue weighted by molar-refractivity contribution is 6.31. The Hall–Kier alpha value is -0.570. The lowest BCUT2D eigenvalue weighted by atomic mass is 9.77. The lowest BCUT2D eigenvalue weighted by Gasteiger charge is -2.39. The zero-order valence-corrected chi connectivity index (χ0v) is 12.0. The summed E-state index contributed by atoms with van der Waals surface area (Å²) in [5.41, 5.74) is 7.55. The van der Waals surface area contributed by atoms with Gasteiger partial charge < -0.3 is 10.6 Å². The molecule has 100 valence electrons. The quantitative estimate of drug-likeness (QED) is 0.908. The molecule has 2 nitrogen and oxygen atoms in total. The van der Waals surface area contributed by atoms with E-state index >= 15 is 0 Å². The second-order valence-corrected chi connectivity index (χ2v) is 5.95. The zero-order valence-electron chi connectivity index (χ0n) is 11.3. The molecule has 2 N–H and O–H groups in total. The van der Waals surface area contributed by atoms with Crippen LogP contribution in [0, 0.1) is 5.92 Å². The number of hydrogen-bond donors (Lipinski definition) is 1. The average Bonchev–Trinajstić information content (AvgIpc) is 2.34. The summed E-state index contributed by atoms with van der Waals surface area (Å²) in [6.07, 6.45) is 4.89. The summed E-state index contributed by atoms with van der Waals surface area (Å²) in [6.45, 7) is 0. The van der Waals surface area contributed by atoms with Crippen molar-refractivity contribution in [2.24, 2.45) is 11.7 Å². The molecule has 0 aromatic heterocycles. The molecule has 0 radical (unpaired) electrons. The van der Waals surface area contributed by atoms with Crippen molar-refractivity contribution in [3.63, 3.8) is 0 Å². The third-order valence-corrected chi connectivity index (χ3v) is 4.40. The van der Waals surface area contributed by atoms with E-state index in [4.69, 9.17) is 17.3 Å². The Kier molecular flexibility index (Phi) is 4.66. The number of hydrogen-bond acceptors (Lipinski definition) is 2. The summed E-state index contributed by atoms with van der Waals surface area (Å²) in [5, 5.41) is 0.856. The normalized spacial score (nSPS) is 26.3. The molecule has 3 heteroatoms. The van der Waals surface area contributed by atoms with Gasteiger partial charge in [0.1, 0.15) is 0 Å². The minimum atomic E-state index is 0.294. The summed E-state index contributed by atoms with van der Waals surface area (Å²) < 4.78 is 0. The Bertz CT molecular complexity index is 392. The molecule has 0 aliphatic heterocycles. The monoisotopic (exact) mass is 266 g/mol. The van der Waals surface area contributed by atoms with Crippen LogP contribution >= 0.6 is 11.6 Å². The van der Waals surface area contributed by atoms with Gasteiger partial charge in [-0.3, -0.25) is 0 Å². The van der Waals surface area contributed by atoms with E-state index in [-0.39, 0.29) is 0 Å². The van der Waals surface area contributed by atoms with Gasteiger partial charge in [0.05, 0.1) is 0 Å². The SMILES string of the molecule is CN(C)C(c1ccccc1Cl)C1CCCCC1N. The molecular weight excluding hydrogens is 244 g/mol. The first kappa shape index (κ1) is 13.9. The minimum absolute atomic E-state index is 0.294. The van der Waals surface area contributed by atoms with E-state index < -0.39 is 0 Å². The van der Waals surface area contributed by atoms with Gasteiger partial charge in [0.25, 0.3) is 0 Å². The van der Waals surface area contributed by atoms with Crippen LogP contribution in [-0.4, -0.2) is 25.0 Å². The molecule has 1 fully saturated rings. The van der Waals surface area contributed by atoms with Crippen LogP contribution in [0.5, 0.6) is 0 Å². The summed E-state index contributed by atoms with van der Waals surface area (Å²) in [4.78, 5) is 2.26. The van der Waals surface area contributed by atoms with Crippen molar-refractivity contribution in [3.8, 4) is 0 Å². The van der Waals surface area contributed by atoms with Crippen molar-refractivity contribution in [2.75, 3.05) is 14.1 Å². The van der Waals surface area contributed by atoms with Crippen molar-refractivity contribution in [1.82, 2.24) is 4.90 Å². The number of nitrogens with zero attached hydrogens (tertiary/aromatic N) is 1. The first-order chi connectivity index (χ1) is 8.61. The predicted octanol–water partition coefficient (Wildman–Crippen LogP) is 3.46. The Labute approximate surface area is 115 Å². The number of benzene rings is 1. The zero-order chi connectivity index (χ0) is 13.1. The van der Waals surface area contributed by atoms with E-state index in [2.05, 4.69) is 31.1 Å². The summed E-state index contributed by atoms with van der Waals surface area (Å²) in [6, 6.07) is 8.78. The van der Waals surface area contributed by atoms with Gasteiger partial charge in [0, 0.05) is 17.1 Å². The fourth-order valence-electron chi connectivity index (χ4n) is 3.19. The fraction of sp³-hybridized carbons (Fsp3) is 0.600. The molecule has 2 rings (SSSR count). The summed E-state index contributed by atoms with van der Waals surface area (Å²) in [5.74, 6) is 0.508. The molecule has 3 unspecified atom stereocenters. The molecule has 0 amide bonds. The predicted molar refractivity (Wildman–Crippen MR) is 77.8 cm³/mol. The van der Waals surface area contributed by atoms with Crippen LogP contribution in [0.25, 0.3) is 0 Å². The topological polar surface area (TPSA) is 29.3 Å². The van der Waals surface area contributed by atoms with E-state index in [1.807, 2.05) is 12.1 Å². The van der Waals surface area contributed by atoms with E-state index in [0.717, 1.165) is 11.4 Å². The molecule has 1 aromatic rings. The first-order valence-electron chi connectivity index (χ1n) is 6.77. The standard InChI is InChI=1S/C15H23ClN2/c1-18(2)15(11-7-3-5-9-13(11)16)12-8-4-6-10-14(12)17/h3,5,7,9,12,14-15H,4,6,8,10,17H2,1-2H3. The van der Waals surface area contributed by atoms with Crippen LogP contribution in [0.1, 0.15) is 37.3 Å². The van der Waals surface area contributed by atoms with E-state index in [1.54, 1.807) is 0 Å². The maximum atomic E-state index is 6.36. The Morgan fingerprint density at radius 2 is 1.89 bits per heavy atom. The van der Waals surface area contributed by atoms with Crippen molar-refractivity contribution >= 4 is 11.6 Å². The van der Waals surface area contributed by atoms with Crippen molar-refractivity contribution in [1.29, 1.82) is 0 Å². The van der Waals surface area contributed by atoms with Crippen molar-refractivity contribution in [3.05, 3.63) is 34.9 Å². The van der Waals surface area contributed by atoms with Crippen LogP contribution in [0.2, 0.25) is 5.02 Å². The van der Waals surface area contributed by atoms with E-state index in [1.165, 1.54) is 24.8 Å². The highest BCUT2D eigenvalue weighted by Crippen LogP contribution is 2.39. The van der Waals surface area contributed by atoms with Gasteiger partial charge in [-0.05, 0) is 44.5 Å². The van der Waals surface area contributed by atoms with Gasteiger partial charge in [0.15, 0.2) is 0 Å². The second kappa shape index (κ2) is 6.05. The molecule has 3 atom stereocenters. The first-order valence-corrected chi connectivity index (χ1v) is 7.15. The fourth-order valence-corrected chi connectivity index (χ4v) is 3.43. The molecule has 1 aliphatic carbocycles. The number of rotatable bonds is 3. The molecular formula is C15H23ClN2. The van der Waals surface area contributed by atoms with Crippen LogP contribution in [0.15, 0.2) is 24.3 Å². The van der Waals surface area contributed by atoms with Crippen LogP contribution in [-0.2, 0) is 0 Å². The highest BCUT2D eigenvalue weighted by atomic mass is 35.5. The van der Waals surface area contributed by atoms with Gasteiger partial charge >= 0.3 is 0 Å². The highest BCUT2D eigenvalue weighted by Gasteiger charge is 2.32. The lowest BCUT2D eigenvalue weighted by molar-refractivity contribution is 0.151. The van der Waals surface area contributed by atoms with E-state index in [0.29, 0.717) is 18.0 Å². The van der Waals surface area contributed by atoms with Crippen LogP contribution < -0.4 is 5.73 Å². The molecule has 0 spiro atoms. The Balaban J connectivity index is 2.31. The van der Waals surface area contributed by atoms with Gasteiger partial charge in [-0.1, -0.05) is 42.6 Å². The van der Waals surface area contributed by atoms with Crippen molar-refractivity contribution in [2.45, 2.75) is 37.8 Å². The molecule has 1 saturated carbocycles. The summed E-state index contributed by atoms with van der Waals surface area (Å²) >= 11 is 6.36. The molecule has 0 saturated heterocycles. The second-order valence-electron chi connectivity index (χ2n) is 5.54. The number of nitrogens with two attached hydrogens (primary N) is 1. The van der Waals surface area contributed by atoms with E-state index in [9.17, 15) is 0 Å². The Morgan fingerprint density at radius 3 is 2.50 bits per heavy atom. The lowest BCUT2D eigenvalue weighted by Crippen LogP contribution is -2.41. The molecule has 1 aliphatic rings. The summed E-state index contributed by atoms with van der Waals surface area (Å²) in [7, 11) is 4.24. The van der Waals surface area contributed by atoms with Gasteiger partial charge in [-0.15, -0.1) is 0 Å². The maximum Gasteiger partial charge on any atom is 0.0453 e. The van der Waals surface area contributed by atoms with Gasteiger partial charge in [-0.2, -0.15) is 0 Å². The largest absolute Gasteiger partial charge is 0.327 e. The Morgan fingerprint density at radius 1 is 1.22 bits per heavy atom. The van der Waals surface area contributed by atoms with Gasteiger partial charge in [-0.25, -0.2) is 0 Å². The third kappa shape index (κ3) is 2.87. The smallest absolute Gasteiger partial charge is 0.0453 e. The average molecular weight is 267 g/mol. The number of halogens is 1. The van der Waals surface area contributed by atoms with Crippen molar-refractivity contribution < 1.29 is 0 Å². The molecule has 0 bridgehead atoms. The van der Waals surface area contributed by atoms with Gasteiger partial charge in [0.2, 0.25) is 0 Å². The third-order valence-electron chi connectivity index (χ3n) is 4.06. The van der Waals surface area contributed by atoms with Crippen LogP contribution in [0.4, 0.5) is 0 Å². The maximum absolute atomic E-state index is 6.36. The molecule has 18 heavy (non-hydrogen) atoms. The molecule has 1 aromatic carbocycles. The minimum Gasteiger partial charge on any atom is -0.327 e. The van der Waals surface area contributed by atoms with Crippen LogP contribution in [0.3, 0.4) is 0 Å².